The number of rotatable bonds is 3. The molecule has 5 nitrogen and oxygen atoms in total. The van der Waals surface area contributed by atoms with Crippen molar-refractivity contribution in [1.82, 2.24) is 5.32 Å². The number of carboxylic acid groups (broad SMARTS) is 1. The highest BCUT2D eigenvalue weighted by Crippen LogP contribution is 2.21. The molecule has 2 amide bonds. The van der Waals surface area contributed by atoms with E-state index in [2.05, 4.69) is 5.73 Å². The topological polar surface area (TPSA) is 92.4 Å². The summed E-state index contributed by atoms with van der Waals surface area (Å²) in [5, 5.41) is 9.40. The van der Waals surface area contributed by atoms with E-state index in [1.54, 1.807) is 0 Å². The average molecular weight is 200 g/mol. The van der Waals surface area contributed by atoms with Crippen molar-refractivity contribution in [3.05, 3.63) is 0 Å². The van der Waals surface area contributed by atoms with Crippen molar-refractivity contribution < 1.29 is 27.9 Å². The molecular weight excluding hydrogens is 193 g/mol. The van der Waals surface area contributed by atoms with E-state index in [1.807, 2.05) is 0 Å². The Bertz CT molecular complexity index is 216. The predicted molar refractivity (Wildman–Crippen MR) is 34.8 cm³/mol. The largest absolute Gasteiger partial charge is 0.465 e. The molecule has 0 aliphatic carbocycles. The monoisotopic (exact) mass is 200 g/mol. The molecule has 1 unspecified atom stereocenters. The van der Waals surface area contributed by atoms with E-state index in [-0.39, 0.29) is 0 Å². The van der Waals surface area contributed by atoms with Gasteiger partial charge in [-0.1, -0.05) is 0 Å². The Morgan fingerprint density at radius 1 is 1.46 bits per heavy atom. The lowest BCUT2D eigenvalue weighted by atomic mass is 10.2. The van der Waals surface area contributed by atoms with Gasteiger partial charge in [-0.25, -0.2) is 4.79 Å². The van der Waals surface area contributed by atoms with Crippen molar-refractivity contribution in [2.75, 3.05) is 0 Å². The summed E-state index contributed by atoms with van der Waals surface area (Å²) in [4.78, 5) is 20.2. The van der Waals surface area contributed by atoms with Crippen LogP contribution in [0.15, 0.2) is 0 Å². The molecule has 0 aliphatic rings. The molecule has 4 N–H and O–H groups in total. The average Bonchev–Trinajstić information content (AvgIpc) is 1.81. The molecule has 0 rings (SSSR count). The van der Waals surface area contributed by atoms with Crippen molar-refractivity contribution in [3.63, 3.8) is 0 Å². The maximum atomic E-state index is 11.7. The molecule has 8 heteroatoms. The number of carbonyl (C=O) groups is 2. The van der Waals surface area contributed by atoms with Crippen LogP contribution in [0.25, 0.3) is 0 Å². The highest BCUT2D eigenvalue weighted by atomic mass is 19.4. The number of amides is 2. The third kappa shape index (κ3) is 5.76. The summed E-state index contributed by atoms with van der Waals surface area (Å²) in [5.74, 6) is -1.36. The number of halogens is 3. The van der Waals surface area contributed by atoms with Gasteiger partial charge in [-0.3, -0.25) is 4.79 Å². The molecule has 0 heterocycles. The van der Waals surface area contributed by atoms with Gasteiger partial charge in [0.2, 0.25) is 5.91 Å². The summed E-state index contributed by atoms with van der Waals surface area (Å²) in [7, 11) is 0. The number of hydrogen-bond donors (Lipinski definition) is 3. The Morgan fingerprint density at radius 3 is 2.15 bits per heavy atom. The third-order valence-electron chi connectivity index (χ3n) is 1.08. The lowest BCUT2D eigenvalue weighted by Gasteiger charge is -2.14. The summed E-state index contributed by atoms with van der Waals surface area (Å²) < 4.78 is 35.0. The van der Waals surface area contributed by atoms with Crippen LogP contribution in [-0.4, -0.2) is 29.3 Å². The zero-order chi connectivity index (χ0) is 10.6. The van der Waals surface area contributed by atoms with Crippen LogP contribution in [0, 0.1) is 0 Å². The van der Waals surface area contributed by atoms with Gasteiger partial charge in [0.25, 0.3) is 0 Å². The Hall–Kier alpha value is -1.47. The van der Waals surface area contributed by atoms with E-state index in [1.165, 1.54) is 5.32 Å². The Labute approximate surface area is 70.7 Å². The molecule has 13 heavy (non-hydrogen) atoms. The molecule has 0 saturated carbocycles. The fourth-order valence-electron chi connectivity index (χ4n) is 0.603. The van der Waals surface area contributed by atoms with Gasteiger partial charge in [0.05, 0.1) is 6.42 Å². The first kappa shape index (κ1) is 11.5. The van der Waals surface area contributed by atoms with E-state index >= 15 is 0 Å². The molecule has 0 aromatic heterocycles. The summed E-state index contributed by atoms with van der Waals surface area (Å²) in [6, 6.07) is -1.93. The van der Waals surface area contributed by atoms with Gasteiger partial charge in [-0.2, -0.15) is 13.2 Å². The predicted octanol–water partition coefficient (Wildman–Crippen LogP) is 0.0603. The van der Waals surface area contributed by atoms with Gasteiger partial charge in [-0.15, -0.1) is 0 Å². The number of alkyl halides is 3. The number of nitrogens with one attached hydrogen (secondary N) is 1. The summed E-state index contributed by atoms with van der Waals surface area (Å²) in [6.45, 7) is 0. The first-order valence-corrected chi connectivity index (χ1v) is 3.08. The van der Waals surface area contributed by atoms with Gasteiger partial charge in [0.1, 0.15) is 6.04 Å². The van der Waals surface area contributed by atoms with Crippen LogP contribution in [0.5, 0.6) is 0 Å². The van der Waals surface area contributed by atoms with Crippen molar-refractivity contribution in [2.45, 2.75) is 18.6 Å². The first-order chi connectivity index (χ1) is 5.72. The van der Waals surface area contributed by atoms with E-state index in [0.717, 1.165) is 0 Å². The van der Waals surface area contributed by atoms with Crippen LogP contribution in [0.1, 0.15) is 6.42 Å². The third-order valence-corrected chi connectivity index (χ3v) is 1.08. The molecule has 76 valence electrons. The van der Waals surface area contributed by atoms with Crippen molar-refractivity contribution >= 4 is 12.0 Å². The van der Waals surface area contributed by atoms with Gasteiger partial charge >= 0.3 is 12.3 Å². The van der Waals surface area contributed by atoms with Crippen molar-refractivity contribution in [1.29, 1.82) is 0 Å². The molecule has 0 spiro atoms. The first-order valence-electron chi connectivity index (χ1n) is 3.08. The van der Waals surface area contributed by atoms with Crippen LogP contribution in [0.4, 0.5) is 18.0 Å². The molecule has 1 atom stereocenters. The summed E-state index contributed by atoms with van der Waals surface area (Å²) >= 11 is 0. The normalized spacial score (nSPS) is 13.5. The second-order valence-corrected chi connectivity index (χ2v) is 2.22. The Morgan fingerprint density at radius 2 is 1.92 bits per heavy atom. The smallest absolute Gasteiger partial charge is 0.405 e. The molecular formula is C5H7F3N2O3. The van der Waals surface area contributed by atoms with E-state index in [4.69, 9.17) is 5.11 Å². The standard InChI is InChI=1S/C5H7F3N2O3/c6-5(7,8)1-2(3(9)11)10-4(12)13/h2,10H,1H2,(H2,9,11)(H,12,13). The summed E-state index contributed by atoms with van der Waals surface area (Å²) in [6.07, 6.45) is -7.97. The SMILES string of the molecule is NC(=O)C(CC(F)(F)F)NC(=O)O. The van der Waals surface area contributed by atoms with Crippen LogP contribution in [0.2, 0.25) is 0 Å². The van der Waals surface area contributed by atoms with Crippen molar-refractivity contribution in [3.8, 4) is 0 Å². The van der Waals surface area contributed by atoms with Crippen molar-refractivity contribution in [2.24, 2.45) is 5.73 Å². The molecule has 0 fully saturated rings. The molecule has 0 radical (unpaired) electrons. The minimum absolute atomic E-state index is 1.36. The maximum Gasteiger partial charge on any atom is 0.405 e. The van der Waals surface area contributed by atoms with Gasteiger partial charge in [-0.05, 0) is 0 Å². The second-order valence-electron chi connectivity index (χ2n) is 2.22. The number of nitrogens with two attached hydrogens (primary N) is 1. The Kier molecular flexibility index (Phi) is 3.52. The van der Waals surface area contributed by atoms with Gasteiger partial charge < -0.3 is 16.2 Å². The van der Waals surface area contributed by atoms with Gasteiger partial charge in [0.15, 0.2) is 0 Å². The van der Waals surface area contributed by atoms with E-state index in [0.29, 0.717) is 0 Å². The Balaban J connectivity index is 4.27. The fraction of sp³-hybridized carbons (Fsp3) is 0.600. The van der Waals surface area contributed by atoms with E-state index < -0.39 is 30.6 Å². The lowest BCUT2D eigenvalue weighted by Crippen LogP contribution is -2.46. The van der Waals surface area contributed by atoms with Crippen LogP contribution >= 0.6 is 0 Å². The van der Waals surface area contributed by atoms with Crippen LogP contribution < -0.4 is 11.1 Å². The molecule has 0 aromatic carbocycles. The van der Waals surface area contributed by atoms with E-state index in [9.17, 15) is 22.8 Å². The highest BCUT2D eigenvalue weighted by Gasteiger charge is 2.35. The quantitative estimate of drug-likeness (QED) is 0.601. The fourth-order valence-corrected chi connectivity index (χ4v) is 0.603. The number of primary amides is 1. The van der Waals surface area contributed by atoms with Crippen LogP contribution in [-0.2, 0) is 4.79 Å². The molecule has 0 bridgehead atoms. The number of carbonyl (C=O) groups excluding carboxylic acids is 1. The minimum Gasteiger partial charge on any atom is -0.465 e. The maximum absolute atomic E-state index is 11.7. The minimum atomic E-state index is -4.64. The second kappa shape index (κ2) is 3.97. The zero-order valence-electron chi connectivity index (χ0n) is 6.26. The molecule has 0 aliphatic heterocycles. The van der Waals surface area contributed by atoms with Crippen LogP contribution in [0.3, 0.4) is 0 Å². The lowest BCUT2D eigenvalue weighted by molar-refractivity contribution is -0.147. The molecule has 0 saturated heterocycles. The molecule has 0 aromatic rings. The summed E-state index contributed by atoms with van der Waals surface area (Å²) in [5.41, 5.74) is 4.53. The highest BCUT2D eigenvalue weighted by molar-refractivity contribution is 5.83. The number of hydrogen-bond acceptors (Lipinski definition) is 2. The zero-order valence-corrected chi connectivity index (χ0v) is 6.26. The van der Waals surface area contributed by atoms with Gasteiger partial charge in [0, 0.05) is 0 Å².